The van der Waals surface area contributed by atoms with Gasteiger partial charge in [-0.25, -0.2) is 0 Å². The quantitative estimate of drug-likeness (QED) is 0.354. The van der Waals surface area contributed by atoms with Crippen molar-refractivity contribution in [2.45, 2.75) is 16.2 Å². The number of carbonyl (C=O) groups excluding carboxylic acids is 1. The first-order valence-corrected chi connectivity index (χ1v) is 11.4. The topological polar surface area (TPSA) is 20.3 Å². The molecule has 0 amide bonds. The molecule has 0 fully saturated rings. The predicted octanol–water partition coefficient (Wildman–Crippen LogP) is 3.30. The minimum absolute atomic E-state index is 0. The Morgan fingerprint density at radius 2 is 1.61 bits per heavy atom. The van der Waals surface area contributed by atoms with Crippen molar-refractivity contribution in [1.29, 1.82) is 0 Å². The zero-order chi connectivity index (χ0) is 21.1. The molecule has 3 aromatic carbocycles. The highest BCUT2D eigenvalue weighted by atomic mass is 79.9. The van der Waals surface area contributed by atoms with Crippen LogP contribution in [0.1, 0.15) is 16.8 Å². The first kappa shape index (κ1) is 23.9. The highest BCUT2D eigenvalue weighted by Gasteiger charge is 2.25. The lowest BCUT2D eigenvalue weighted by atomic mass is 10.1. The zero-order valence-corrected chi connectivity index (χ0v) is 20.9. The molecule has 0 aromatic heterocycles. The molecule has 0 spiro atoms. The number of Topliss-reactive ketones (excluding diaryl/α,β-unsaturated/α-hetero) is 1. The summed E-state index contributed by atoms with van der Waals surface area (Å²) >= 11 is 8.11. The largest absolute Gasteiger partial charge is 1.00 e. The molecule has 0 saturated carbocycles. The van der Waals surface area contributed by atoms with E-state index < -0.39 is 0 Å². The zero-order valence-electron chi connectivity index (χ0n) is 17.7. The van der Waals surface area contributed by atoms with Crippen molar-refractivity contribution in [3.8, 4) is 0 Å². The van der Waals surface area contributed by atoms with Gasteiger partial charge in [-0.1, -0.05) is 65.8 Å². The summed E-state index contributed by atoms with van der Waals surface area (Å²) in [4.78, 5) is 17.5. The number of para-hydroxylation sites is 1. The molecule has 3 aromatic rings. The summed E-state index contributed by atoms with van der Waals surface area (Å²) in [6.45, 7) is 2.30. The molecule has 6 heteroatoms. The van der Waals surface area contributed by atoms with Gasteiger partial charge in [0.15, 0.2) is 0 Å². The van der Waals surface area contributed by atoms with Crippen LogP contribution in [0.5, 0.6) is 0 Å². The summed E-state index contributed by atoms with van der Waals surface area (Å²) in [5.74, 6) is 0.192. The van der Waals surface area contributed by atoms with E-state index in [4.69, 9.17) is 11.6 Å². The number of nitrogens with zero attached hydrogens (tertiary/aromatic N) is 2. The lowest BCUT2D eigenvalue weighted by Gasteiger charge is -2.34. The number of quaternary nitrogens is 1. The Labute approximate surface area is 204 Å². The lowest BCUT2D eigenvalue weighted by Crippen LogP contribution is -3.00. The van der Waals surface area contributed by atoms with Crippen LogP contribution in [0.4, 0.5) is 11.4 Å². The second kappa shape index (κ2) is 10.2. The van der Waals surface area contributed by atoms with Crippen molar-refractivity contribution in [2.24, 2.45) is 0 Å². The molecule has 1 heterocycles. The van der Waals surface area contributed by atoms with Crippen molar-refractivity contribution in [1.82, 2.24) is 0 Å². The molecule has 3 nitrogen and oxygen atoms in total. The minimum atomic E-state index is 0. The maximum absolute atomic E-state index is 12.6. The van der Waals surface area contributed by atoms with E-state index in [0.29, 0.717) is 11.0 Å². The van der Waals surface area contributed by atoms with Crippen molar-refractivity contribution in [3.63, 3.8) is 0 Å². The fourth-order valence-corrected chi connectivity index (χ4v) is 5.13. The van der Waals surface area contributed by atoms with E-state index in [9.17, 15) is 4.79 Å². The fraction of sp³-hybridized carbons (Fsp3) is 0.240. The van der Waals surface area contributed by atoms with Gasteiger partial charge >= 0.3 is 0 Å². The van der Waals surface area contributed by atoms with Crippen molar-refractivity contribution >= 4 is 40.5 Å². The maximum Gasteiger partial charge on any atom is 0.216 e. The van der Waals surface area contributed by atoms with Gasteiger partial charge in [-0.2, -0.15) is 0 Å². The Morgan fingerprint density at radius 1 is 0.935 bits per heavy atom. The summed E-state index contributed by atoms with van der Waals surface area (Å²) < 4.78 is 0.667. The number of hydrogen-bond donors (Lipinski definition) is 0. The smallest absolute Gasteiger partial charge is 0.216 e. The molecule has 0 saturated heterocycles. The van der Waals surface area contributed by atoms with Gasteiger partial charge in [0.2, 0.25) is 5.78 Å². The van der Waals surface area contributed by atoms with Gasteiger partial charge in [-0.15, -0.1) is 0 Å². The first-order chi connectivity index (χ1) is 14.4. The van der Waals surface area contributed by atoms with Crippen molar-refractivity contribution in [3.05, 3.63) is 83.4 Å². The van der Waals surface area contributed by atoms with E-state index in [1.165, 1.54) is 15.5 Å². The van der Waals surface area contributed by atoms with Gasteiger partial charge in [-0.05, 0) is 30.3 Å². The third-order valence-corrected chi connectivity index (χ3v) is 6.77. The Kier molecular flexibility index (Phi) is 7.87. The third kappa shape index (κ3) is 5.72. The van der Waals surface area contributed by atoms with Crippen LogP contribution in [0.25, 0.3) is 0 Å². The summed E-state index contributed by atoms with van der Waals surface area (Å²) in [7, 11) is 4.26. The Balaban J connectivity index is 0.00000272. The number of carbonyl (C=O) groups is 1. The SMILES string of the molecule is C[N+](C)(CCCN1c2ccccc2Sc2ccc(Cl)cc21)CC(=O)c1ccccc1.[Br-]. The van der Waals surface area contributed by atoms with Crippen LogP contribution >= 0.6 is 23.4 Å². The van der Waals surface area contributed by atoms with E-state index in [-0.39, 0.29) is 22.8 Å². The molecule has 0 unspecified atom stereocenters. The Hall–Kier alpha value is -1.79. The summed E-state index contributed by atoms with van der Waals surface area (Å²) in [5.41, 5.74) is 3.18. The second-order valence-corrected chi connectivity index (χ2v) is 9.81. The van der Waals surface area contributed by atoms with E-state index in [1.54, 1.807) is 11.8 Å². The molecule has 0 radical (unpaired) electrons. The van der Waals surface area contributed by atoms with Gasteiger partial charge in [0.05, 0.1) is 32.0 Å². The minimum Gasteiger partial charge on any atom is -1.00 e. The lowest BCUT2D eigenvalue weighted by molar-refractivity contribution is -0.881. The summed E-state index contributed by atoms with van der Waals surface area (Å²) in [6, 6.07) is 24.2. The first-order valence-electron chi connectivity index (χ1n) is 10.2. The number of halogens is 2. The molecule has 31 heavy (non-hydrogen) atoms. The van der Waals surface area contributed by atoms with Crippen LogP contribution in [0.15, 0.2) is 82.6 Å². The van der Waals surface area contributed by atoms with E-state index in [0.717, 1.165) is 35.8 Å². The molecule has 0 aliphatic carbocycles. The molecular formula is C25H26BrClN2OS. The van der Waals surface area contributed by atoms with Crippen LogP contribution in [-0.2, 0) is 0 Å². The molecule has 1 aliphatic heterocycles. The van der Waals surface area contributed by atoms with Crippen LogP contribution in [0, 0.1) is 0 Å². The monoisotopic (exact) mass is 516 g/mol. The van der Waals surface area contributed by atoms with Crippen molar-refractivity contribution < 1.29 is 26.3 Å². The number of hydrogen-bond acceptors (Lipinski definition) is 3. The Bertz CT molecular complexity index is 1060. The number of fused-ring (bicyclic) bond motifs is 2. The van der Waals surface area contributed by atoms with E-state index >= 15 is 0 Å². The predicted molar refractivity (Wildman–Crippen MR) is 126 cm³/mol. The third-order valence-electron chi connectivity index (χ3n) is 5.40. The second-order valence-electron chi connectivity index (χ2n) is 8.29. The van der Waals surface area contributed by atoms with E-state index in [1.807, 2.05) is 36.4 Å². The summed E-state index contributed by atoms with van der Waals surface area (Å²) in [6.07, 6.45) is 0.972. The maximum atomic E-state index is 12.6. The summed E-state index contributed by atoms with van der Waals surface area (Å²) in [5, 5.41) is 0.753. The van der Waals surface area contributed by atoms with Gasteiger partial charge < -0.3 is 26.4 Å². The average Bonchev–Trinajstić information content (AvgIpc) is 2.74. The van der Waals surface area contributed by atoms with Crippen LogP contribution in [-0.4, -0.2) is 44.0 Å². The molecule has 0 bridgehead atoms. The number of anilines is 2. The van der Waals surface area contributed by atoms with Gasteiger partial charge in [0, 0.05) is 33.3 Å². The average molecular weight is 518 g/mol. The highest BCUT2D eigenvalue weighted by Crippen LogP contribution is 2.48. The number of rotatable bonds is 7. The highest BCUT2D eigenvalue weighted by molar-refractivity contribution is 7.99. The van der Waals surface area contributed by atoms with Crippen molar-refractivity contribution in [2.75, 3.05) is 38.6 Å². The molecule has 0 atom stereocenters. The number of benzene rings is 3. The van der Waals surface area contributed by atoms with Gasteiger partial charge in [0.25, 0.3) is 0 Å². The number of ketones is 1. The van der Waals surface area contributed by atoms with E-state index in [2.05, 4.69) is 55.4 Å². The standard InChI is InChI=1S/C25H26ClN2OS.BrH/c1-28(2,18-23(29)19-9-4-3-5-10-19)16-8-15-27-21-11-6-7-12-24(21)30-25-14-13-20(26)17-22(25)27;/h3-7,9-14,17H,8,15-16,18H2,1-2H3;1H/q+1;/p-1. The normalized spacial score (nSPS) is 12.5. The Morgan fingerprint density at radius 3 is 2.39 bits per heavy atom. The molecule has 1 aliphatic rings. The van der Waals surface area contributed by atoms with Gasteiger partial charge in [0.1, 0.15) is 6.54 Å². The molecule has 0 N–H and O–H groups in total. The van der Waals surface area contributed by atoms with Crippen LogP contribution < -0.4 is 21.9 Å². The van der Waals surface area contributed by atoms with Gasteiger partial charge in [-0.3, -0.25) is 4.79 Å². The molecule has 4 rings (SSSR count). The molecular weight excluding hydrogens is 492 g/mol. The van der Waals surface area contributed by atoms with Crippen LogP contribution in [0.2, 0.25) is 5.02 Å². The number of likely N-dealkylation sites (N-methyl/N-ethyl adjacent to an activating group) is 1. The fourth-order valence-electron chi connectivity index (χ4n) is 3.88. The van der Waals surface area contributed by atoms with Crippen LogP contribution in [0.3, 0.4) is 0 Å². The molecule has 162 valence electrons.